The molecule has 10 heteroatoms. The zero-order valence-electron chi connectivity index (χ0n) is 33.2. The zero-order valence-corrected chi connectivity index (χ0v) is 33.2. The van der Waals surface area contributed by atoms with Gasteiger partial charge in [0.05, 0.1) is 35.6 Å². The Morgan fingerprint density at radius 2 is 1.40 bits per heavy atom. The molecule has 0 radical (unpaired) electrons. The number of rotatable bonds is 14. The highest BCUT2D eigenvalue weighted by molar-refractivity contribution is 6.01. The van der Waals surface area contributed by atoms with Crippen LogP contribution in [-0.4, -0.2) is 75.8 Å². The van der Waals surface area contributed by atoms with E-state index in [-0.39, 0.29) is 18.0 Å². The van der Waals surface area contributed by atoms with E-state index in [1.165, 1.54) is 5.69 Å². The van der Waals surface area contributed by atoms with Gasteiger partial charge in [-0.1, -0.05) is 78.9 Å². The lowest BCUT2D eigenvalue weighted by Crippen LogP contribution is -2.51. The number of para-hydroxylation sites is 1. The van der Waals surface area contributed by atoms with Crippen molar-refractivity contribution in [2.24, 2.45) is 7.05 Å². The first-order chi connectivity index (χ1) is 27.9. The van der Waals surface area contributed by atoms with E-state index in [4.69, 9.17) is 29.0 Å². The van der Waals surface area contributed by atoms with Crippen molar-refractivity contribution in [1.29, 1.82) is 0 Å². The van der Waals surface area contributed by atoms with Crippen molar-refractivity contribution < 1.29 is 24.1 Å². The number of piperazine rings is 1. The van der Waals surface area contributed by atoms with E-state index in [1.807, 2.05) is 91.4 Å². The van der Waals surface area contributed by atoms with E-state index in [0.717, 1.165) is 103 Å². The number of ether oxygens (including phenoxy) is 4. The summed E-state index contributed by atoms with van der Waals surface area (Å²) in [4.78, 5) is 9.90. The summed E-state index contributed by atoms with van der Waals surface area (Å²) in [5.74, 6) is 2.05. The van der Waals surface area contributed by atoms with Crippen molar-refractivity contribution in [3.8, 4) is 34.5 Å². The van der Waals surface area contributed by atoms with Crippen LogP contribution < -0.4 is 19.1 Å². The fourth-order valence-corrected chi connectivity index (χ4v) is 8.03. The summed E-state index contributed by atoms with van der Waals surface area (Å²) >= 11 is 0. The second kappa shape index (κ2) is 17.7. The van der Waals surface area contributed by atoms with Gasteiger partial charge in [-0.15, -0.1) is 0 Å². The lowest BCUT2D eigenvalue weighted by atomic mass is 9.94. The topological polar surface area (TPSA) is 94.3 Å². The van der Waals surface area contributed by atoms with E-state index in [1.54, 1.807) is 6.07 Å². The highest BCUT2D eigenvalue weighted by atomic mass is 16.5. The summed E-state index contributed by atoms with van der Waals surface area (Å²) in [7, 11) is 2.02. The lowest BCUT2D eigenvalue weighted by molar-refractivity contribution is -0.0222. The van der Waals surface area contributed by atoms with Gasteiger partial charge >= 0.3 is 0 Å². The first-order valence-electron chi connectivity index (χ1n) is 20.3. The minimum absolute atomic E-state index is 0.160. The molecule has 3 heterocycles. The molecule has 1 saturated carbocycles. The summed E-state index contributed by atoms with van der Waals surface area (Å²) < 4.78 is 27.3. The second-order valence-corrected chi connectivity index (χ2v) is 15.3. The van der Waals surface area contributed by atoms with Gasteiger partial charge in [-0.25, -0.2) is 0 Å². The van der Waals surface area contributed by atoms with Crippen LogP contribution in [-0.2, 0) is 25.0 Å². The molecule has 0 spiro atoms. The third kappa shape index (κ3) is 9.03. The summed E-state index contributed by atoms with van der Waals surface area (Å²) in [6, 6.07) is 36.4. The summed E-state index contributed by atoms with van der Waals surface area (Å²) in [6.07, 6.45) is 4.31. The number of anilines is 1. The van der Waals surface area contributed by atoms with Gasteiger partial charge in [0, 0.05) is 56.3 Å². The molecule has 1 aliphatic heterocycles. The van der Waals surface area contributed by atoms with Crippen molar-refractivity contribution in [2.75, 3.05) is 37.7 Å². The van der Waals surface area contributed by atoms with E-state index in [9.17, 15) is 5.11 Å². The molecule has 8 rings (SSSR count). The van der Waals surface area contributed by atoms with Crippen LogP contribution in [0.2, 0.25) is 0 Å². The number of nitrogens with zero attached hydrogens (tertiary/aromatic N) is 5. The molecule has 2 aliphatic rings. The number of hydrogen-bond donors (Lipinski definition) is 1. The Bertz CT molecular complexity index is 2230. The average molecular weight is 768 g/mol. The number of fused-ring (bicyclic) bond motifs is 1. The van der Waals surface area contributed by atoms with E-state index in [0.29, 0.717) is 31.0 Å². The second-order valence-electron chi connectivity index (χ2n) is 15.3. The normalized spacial score (nSPS) is 18.1. The Hall–Kier alpha value is -5.58. The van der Waals surface area contributed by atoms with Gasteiger partial charge < -0.3 is 29.0 Å². The lowest BCUT2D eigenvalue weighted by Gasteiger charge is -2.39. The summed E-state index contributed by atoms with van der Waals surface area (Å²) in [5.41, 5.74) is 6.86. The first kappa shape index (κ1) is 38.3. The minimum atomic E-state index is 0.160. The fourth-order valence-electron chi connectivity index (χ4n) is 8.03. The molecule has 2 aromatic heterocycles. The number of aryl methyl sites for hydroxylation is 1. The number of phenols is 1. The van der Waals surface area contributed by atoms with Crippen molar-refractivity contribution in [1.82, 2.24) is 19.7 Å². The van der Waals surface area contributed by atoms with Crippen molar-refractivity contribution >= 4 is 16.6 Å². The molecule has 296 valence electrons. The molecule has 0 amide bonds. The Morgan fingerprint density at radius 1 is 0.737 bits per heavy atom. The predicted octanol–water partition coefficient (Wildman–Crippen LogP) is 8.72. The largest absolute Gasteiger partial charge is 0.508 e. The van der Waals surface area contributed by atoms with Gasteiger partial charge in [0.2, 0.25) is 11.8 Å². The molecule has 57 heavy (non-hydrogen) atoms. The number of phenolic OH excluding ortho intramolecular Hbond substituents is 1. The maximum atomic E-state index is 10.0. The van der Waals surface area contributed by atoms with Crippen LogP contribution in [0.25, 0.3) is 22.2 Å². The van der Waals surface area contributed by atoms with Gasteiger partial charge in [-0.3, -0.25) is 9.58 Å². The number of pyridine rings is 1. The third-order valence-electron chi connectivity index (χ3n) is 11.4. The van der Waals surface area contributed by atoms with Crippen LogP contribution in [0.5, 0.6) is 23.3 Å². The molecule has 4 aromatic carbocycles. The van der Waals surface area contributed by atoms with Crippen molar-refractivity contribution in [3.05, 3.63) is 126 Å². The molecule has 2 fully saturated rings. The van der Waals surface area contributed by atoms with E-state index >= 15 is 0 Å². The fraction of sp³-hybridized carbons (Fsp3) is 0.362. The highest BCUT2D eigenvalue weighted by Gasteiger charge is 2.28. The number of aromatic nitrogens is 3. The molecule has 10 nitrogen and oxygen atoms in total. The molecule has 0 unspecified atom stereocenters. The highest BCUT2D eigenvalue weighted by Crippen LogP contribution is 2.39. The van der Waals surface area contributed by atoms with Gasteiger partial charge in [-0.2, -0.15) is 10.1 Å². The standard InChI is InChI=1S/C47H53N5O5/c1-33(30-54-37-20-22-38(23-21-37)57-43-19-11-18-42(53)34(43)2)51-26-28-52(29-27-51)41-17-10-16-39-45(49-50(3)46(39)41)40-24-25-44(55-31-35-12-6-4-7-13-35)48-47(40)56-32-36-14-8-5-9-15-36/h4-19,24-25,33,37-38,53H,20-23,26-32H2,1-3H3/t33-,37?,38?/m0/s1. The number of benzene rings is 4. The van der Waals surface area contributed by atoms with Crippen molar-refractivity contribution in [3.63, 3.8) is 0 Å². The molecule has 1 atom stereocenters. The van der Waals surface area contributed by atoms with Crippen LogP contribution >= 0.6 is 0 Å². The minimum Gasteiger partial charge on any atom is -0.508 e. The Kier molecular flexibility index (Phi) is 11.9. The molecular formula is C47H53N5O5. The number of aromatic hydroxyl groups is 1. The van der Waals surface area contributed by atoms with Gasteiger partial charge in [0.25, 0.3) is 0 Å². The van der Waals surface area contributed by atoms with Gasteiger partial charge in [0.1, 0.15) is 30.4 Å². The smallest absolute Gasteiger partial charge is 0.226 e. The zero-order chi connectivity index (χ0) is 39.1. The van der Waals surface area contributed by atoms with Crippen molar-refractivity contribution in [2.45, 2.75) is 71.0 Å². The summed E-state index contributed by atoms with van der Waals surface area (Å²) in [6.45, 7) is 9.46. The molecule has 6 aromatic rings. The van der Waals surface area contributed by atoms with Crippen LogP contribution in [0, 0.1) is 6.92 Å². The van der Waals surface area contributed by atoms with E-state index < -0.39 is 0 Å². The quantitative estimate of drug-likeness (QED) is 0.117. The third-order valence-corrected chi connectivity index (χ3v) is 11.4. The van der Waals surface area contributed by atoms with Gasteiger partial charge in [0.15, 0.2) is 0 Å². The Balaban J connectivity index is 0.906. The van der Waals surface area contributed by atoms with Crippen LogP contribution in [0.15, 0.2) is 109 Å². The molecule has 0 bridgehead atoms. The monoisotopic (exact) mass is 767 g/mol. The van der Waals surface area contributed by atoms with Crippen LogP contribution in [0.1, 0.15) is 49.3 Å². The van der Waals surface area contributed by atoms with Crippen LogP contribution in [0.4, 0.5) is 5.69 Å². The van der Waals surface area contributed by atoms with Gasteiger partial charge in [-0.05, 0) is 74.9 Å². The predicted molar refractivity (Wildman–Crippen MR) is 224 cm³/mol. The molecule has 1 N–H and O–H groups in total. The average Bonchev–Trinajstić information content (AvgIpc) is 3.60. The van der Waals surface area contributed by atoms with E-state index in [2.05, 4.69) is 47.1 Å². The summed E-state index contributed by atoms with van der Waals surface area (Å²) in [5, 5.41) is 16.2. The SMILES string of the molecule is Cc1c(O)cccc1OC1CCC(OC[C@H](C)N2CCN(c3cccc4c(-c5ccc(OCc6ccccc6)nc5OCc5ccccc5)nn(C)c34)CC2)CC1. The maximum Gasteiger partial charge on any atom is 0.226 e. The van der Waals surface area contributed by atoms with Crippen LogP contribution in [0.3, 0.4) is 0 Å². The first-order valence-corrected chi connectivity index (χ1v) is 20.3. The molecular weight excluding hydrogens is 715 g/mol. The Labute approximate surface area is 335 Å². The number of hydrogen-bond acceptors (Lipinski definition) is 9. The Morgan fingerprint density at radius 3 is 2.12 bits per heavy atom. The maximum absolute atomic E-state index is 10.0. The molecule has 1 aliphatic carbocycles. The molecule has 1 saturated heterocycles.